The van der Waals surface area contributed by atoms with E-state index in [-0.39, 0.29) is 35.5 Å². The molecule has 0 fully saturated rings. The Morgan fingerprint density at radius 3 is 2.31 bits per heavy atom. The van der Waals surface area contributed by atoms with Gasteiger partial charge in [0.2, 0.25) is 0 Å². The fraction of sp³-hybridized carbons (Fsp3) is 0.889. The second-order valence-electron chi connectivity index (χ2n) is 2.48. The second kappa shape index (κ2) is 18.7. The fourth-order valence-corrected chi connectivity index (χ4v) is 0.711. The Balaban J connectivity index is -0.000000500. The Hall–Kier alpha value is 0.976. The second-order valence-corrected chi connectivity index (χ2v) is 2.48. The summed E-state index contributed by atoms with van der Waals surface area (Å²) in [5.41, 5.74) is 0. The van der Waals surface area contributed by atoms with Gasteiger partial charge in [-0.1, -0.05) is 13.3 Å². The summed E-state index contributed by atoms with van der Waals surface area (Å²) in [6.07, 6.45) is 5.45. The van der Waals surface area contributed by atoms with Crippen LogP contribution in [0.5, 0.6) is 0 Å². The van der Waals surface area contributed by atoms with Gasteiger partial charge in [0.05, 0.1) is 0 Å². The van der Waals surface area contributed by atoms with Crippen molar-refractivity contribution in [3.63, 3.8) is 0 Å². The van der Waals surface area contributed by atoms with Crippen molar-refractivity contribution in [1.29, 1.82) is 0 Å². The van der Waals surface area contributed by atoms with Crippen molar-refractivity contribution in [2.45, 2.75) is 33.1 Å². The maximum Gasteiger partial charge on any atom is 2.00 e. The molecule has 0 saturated heterocycles. The molecule has 0 N–H and O–H groups in total. The molecular weight excluding hydrogens is 200 g/mol. The fourth-order valence-electron chi connectivity index (χ4n) is 0.711. The van der Waals surface area contributed by atoms with Crippen molar-refractivity contribution in [3.05, 3.63) is 6.42 Å². The van der Waals surface area contributed by atoms with Crippen LogP contribution in [0.2, 0.25) is 0 Å². The van der Waals surface area contributed by atoms with Crippen LogP contribution in [0.4, 0.5) is 0 Å². The number of hydrogen-bond acceptors (Lipinski definition) is 2. The molecular formula is C9H19ClMgO2. The monoisotopic (exact) mass is 218 g/mol. The summed E-state index contributed by atoms with van der Waals surface area (Å²) in [4.78, 5) is 0. The van der Waals surface area contributed by atoms with Crippen LogP contribution in [0.3, 0.4) is 0 Å². The zero-order chi connectivity index (χ0) is 8.36. The first-order chi connectivity index (χ1) is 5.41. The molecule has 0 unspecified atom stereocenters. The van der Waals surface area contributed by atoms with Crippen LogP contribution in [-0.4, -0.2) is 43.1 Å². The van der Waals surface area contributed by atoms with Gasteiger partial charge in [0, 0.05) is 13.2 Å². The molecule has 0 rings (SSSR count). The van der Waals surface area contributed by atoms with Gasteiger partial charge in [-0.05, 0) is 6.42 Å². The normalized spacial score (nSPS) is 8.77. The molecule has 4 heteroatoms. The van der Waals surface area contributed by atoms with Gasteiger partial charge in [-0.25, -0.2) is 0 Å². The summed E-state index contributed by atoms with van der Waals surface area (Å²) in [5, 5.41) is 0. The predicted molar refractivity (Wildman–Crippen MR) is 52.0 cm³/mol. The van der Waals surface area contributed by atoms with E-state index in [1.54, 1.807) is 0 Å². The molecule has 0 aliphatic heterocycles. The first-order valence-electron chi connectivity index (χ1n) is 4.35. The maximum absolute atomic E-state index is 5.20. The van der Waals surface area contributed by atoms with E-state index in [0.29, 0.717) is 6.79 Å². The topological polar surface area (TPSA) is 18.5 Å². The Kier molecular flexibility index (Phi) is 28.1. The zero-order valence-corrected chi connectivity index (χ0v) is 10.9. The molecule has 2 nitrogen and oxygen atoms in total. The SMILES string of the molecule is C[CH-]CCCOCOCCC.[Cl-].[Mg+2]. The first kappa shape index (κ1) is 19.5. The molecule has 0 aromatic carbocycles. The molecule has 0 radical (unpaired) electrons. The van der Waals surface area contributed by atoms with E-state index < -0.39 is 0 Å². The number of ether oxygens (including phenoxy) is 2. The van der Waals surface area contributed by atoms with Crippen LogP contribution in [-0.2, 0) is 9.47 Å². The van der Waals surface area contributed by atoms with E-state index in [4.69, 9.17) is 9.47 Å². The molecule has 76 valence electrons. The van der Waals surface area contributed by atoms with Crippen LogP contribution in [0.25, 0.3) is 0 Å². The van der Waals surface area contributed by atoms with Crippen molar-refractivity contribution in [1.82, 2.24) is 0 Å². The van der Waals surface area contributed by atoms with Crippen LogP contribution in [0, 0.1) is 6.42 Å². The number of unbranched alkanes of at least 4 members (excludes halogenated alkanes) is 2. The summed E-state index contributed by atoms with van der Waals surface area (Å²) in [6, 6.07) is 0. The van der Waals surface area contributed by atoms with Gasteiger partial charge in [0.15, 0.2) is 0 Å². The summed E-state index contributed by atoms with van der Waals surface area (Å²) >= 11 is 0. The van der Waals surface area contributed by atoms with Gasteiger partial charge in [-0.3, -0.25) is 0 Å². The van der Waals surface area contributed by atoms with Gasteiger partial charge in [-0.15, -0.1) is 0 Å². The Morgan fingerprint density at radius 1 is 1.15 bits per heavy atom. The number of halogens is 1. The van der Waals surface area contributed by atoms with Crippen molar-refractivity contribution in [2.75, 3.05) is 20.0 Å². The van der Waals surface area contributed by atoms with Crippen LogP contribution in [0.1, 0.15) is 33.1 Å². The first-order valence-corrected chi connectivity index (χ1v) is 4.35. The van der Waals surface area contributed by atoms with Gasteiger partial charge in [0.25, 0.3) is 0 Å². The molecule has 0 atom stereocenters. The quantitative estimate of drug-likeness (QED) is 0.226. The minimum atomic E-state index is 0. The standard InChI is InChI=1S/C9H19O2.ClH.Mg/c1-3-5-6-8-11-9-10-7-4-2;;/h3H,4-9H2,1-2H3;1H;/q-1;;+2/p-1. The minimum Gasteiger partial charge on any atom is -1.00 e. The molecule has 0 heterocycles. The third-order valence-corrected chi connectivity index (χ3v) is 1.30. The molecule has 13 heavy (non-hydrogen) atoms. The molecule has 0 aromatic heterocycles. The smallest absolute Gasteiger partial charge is 1.00 e. The molecule has 0 saturated carbocycles. The van der Waals surface area contributed by atoms with Gasteiger partial charge >= 0.3 is 23.1 Å². The molecule has 0 aromatic rings. The average Bonchev–Trinajstić information content (AvgIpc) is 2.03. The largest absolute Gasteiger partial charge is 2.00 e. The molecule has 0 aliphatic rings. The Bertz CT molecular complexity index is 66.6. The van der Waals surface area contributed by atoms with Crippen LogP contribution in [0.15, 0.2) is 0 Å². The van der Waals surface area contributed by atoms with E-state index in [2.05, 4.69) is 20.3 Å². The third kappa shape index (κ3) is 19.4. The van der Waals surface area contributed by atoms with Crippen molar-refractivity contribution < 1.29 is 21.9 Å². The van der Waals surface area contributed by atoms with Crippen LogP contribution >= 0.6 is 0 Å². The van der Waals surface area contributed by atoms with Gasteiger partial charge in [0.1, 0.15) is 6.79 Å². The summed E-state index contributed by atoms with van der Waals surface area (Å²) in [5.74, 6) is 0. The van der Waals surface area contributed by atoms with Crippen molar-refractivity contribution in [2.24, 2.45) is 0 Å². The van der Waals surface area contributed by atoms with E-state index in [1.807, 2.05) is 0 Å². The number of rotatable bonds is 8. The van der Waals surface area contributed by atoms with E-state index >= 15 is 0 Å². The van der Waals surface area contributed by atoms with Crippen molar-refractivity contribution in [3.8, 4) is 0 Å². The minimum absolute atomic E-state index is 0. The van der Waals surface area contributed by atoms with Gasteiger partial charge in [-0.2, -0.15) is 13.3 Å². The summed E-state index contributed by atoms with van der Waals surface area (Å²) in [7, 11) is 0. The van der Waals surface area contributed by atoms with E-state index in [0.717, 1.165) is 32.5 Å². The third-order valence-electron chi connectivity index (χ3n) is 1.30. The van der Waals surface area contributed by atoms with Gasteiger partial charge < -0.3 is 28.3 Å². The Morgan fingerprint density at radius 2 is 1.77 bits per heavy atom. The molecule has 0 bridgehead atoms. The summed E-state index contributed by atoms with van der Waals surface area (Å²) in [6.45, 7) is 6.23. The maximum atomic E-state index is 5.20. The molecule has 0 spiro atoms. The average molecular weight is 219 g/mol. The molecule has 0 amide bonds. The Labute approximate surface area is 104 Å². The summed E-state index contributed by atoms with van der Waals surface area (Å²) < 4.78 is 10.3. The number of hydrogen-bond donors (Lipinski definition) is 0. The van der Waals surface area contributed by atoms with E-state index in [1.165, 1.54) is 0 Å². The van der Waals surface area contributed by atoms with E-state index in [9.17, 15) is 0 Å². The zero-order valence-electron chi connectivity index (χ0n) is 8.72. The molecule has 0 aliphatic carbocycles. The predicted octanol–water partition coefficient (Wildman–Crippen LogP) is -0.985. The van der Waals surface area contributed by atoms with Crippen LogP contribution < -0.4 is 12.4 Å². The van der Waals surface area contributed by atoms with Crippen molar-refractivity contribution >= 4 is 23.1 Å².